The molecule has 1 aromatic rings. The van der Waals surface area contributed by atoms with Crippen LogP contribution in [0.2, 0.25) is 0 Å². The number of rotatable bonds is 10. The maximum Gasteiger partial charge on any atom is 0.204 e. The number of hydrogen-bond donors (Lipinski definition) is 3. The second kappa shape index (κ2) is 9.35. The highest BCUT2D eigenvalue weighted by molar-refractivity contribution is 5.63. The number of hydrogen-bond acceptors (Lipinski definition) is 7. The van der Waals surface area contributed by atoms with Crippen LogP contribution in [0.3, 0.4) is 0 Å². The second-order valence-corrected chi connectivity index (χ2v) is 3.75. The first-order valence-electron chi connectivity index (χ1n) is 6.38. The molecule has 1 heterocycles. The maximum absolute atomic E-state index is 8.57. The topological polar surface area (TPSA) is 88.5 Å². The van der Waals surface area contributed by atoms with Crippen LogP contribution >= 0.6 is 0 Å². The van der Waals surface area contributed by atoms with Gasteiger partial charge in [0, 0.05) is 19.7 Å². The number of aliphatic hydroxyl groups is 1. The molecule has 0 unspecified atom stereocenters. The van der Waals surface area contributed by atoms with Gasteiger partial charge in [0.1, 0.15) is 6.33 Å². The molecule has 7 nitrogen and oxygen atoms in total. The molecule has 0 spiro atoms. The number of nitrogens with zero attached hydrogens (tertiary/aromatic N) is 2. The molecule has 0 aromatic carbocycles. The molecule has 0 aliphatic rings. The molecule has 0 fully saturated rings. The quantitative estimate of drug-likeness (QED) is 0.540. The van der Waals surface area contributed by atoms with Gasteiger partial charge in [-0.1, -0.05) is 0 Å². The van der Waals surface area contributed by atoms with E-state index < -0.39 is 0 Å². The molecule has 0 saturated carbocycles. The smallest absolute Gasteiger partial charge is 0.204 e. The standard InChI is InChI=1S/C12H22N4O3/c1-3-13-11-10(18-2)12(16-9-15-11)14-5-4-7-19-8-6-17/h9,17H,3-8H2,1-2H3,(H2,13,14,15,16). The third kappa shape index (κ3) is 5.27. The van der Waals surface area contributed by atoms with Gasteiger partial charge in [-0.15, -0.1) is 0 Å². The zero-order valence-corrected chi connectivity index (χ0v) is 11.5. The summed E-state index contributed by atoms with van der Waals surface area (Å²) in [6.45, 7) is 4.50. The van der Waals surface area contributed by atoms with Crippen LogP contribution in [0.5, 0.6) is 5.75 Å². The van der Waals surface area contributed by atoms with Crippen molar-refractivity contribution in [2.45, 2.75) is 13.3 Å². The van der Waals surface area contributed by atoms with E-state index in [1.165, 1.54) is 6.33 Å². The summed E-state index contributed by atoms with van der Waals surface area (Å²) < 4.78 is 10.5. The van der Waals surface area contributed by atoms with E-state index in [4.69, 9.17) is 14.6 Å². The number of aliphatic hydroxyl groups excluding tert-OH is 1. The second-order valence-electron chi connectivity index (χ2n) is 3.75. The van der Waals surface area contributed by atoms with E-state index in [9.17, 15) is 0 Å². The van der Waals surface area contributed by atoms with Gasteiger partial charge >= 0.3 is 0 Å². The molecule has 19 heavy (non-hydrogen) atoms. The number of anilines is 2. The van der Waals surface area contributed by atoms with Gasteiger partial charge in [-0.2, -0.15) is 0 Å². The Balaban J connectivity index is 2.46. The van der Waals surface area contributed by atoms with Gasteiger partial charge in [-0.05, 0) is 13.3 Å². The first-order valence-corrected chi connectivity index (χ1v) is 6.38. The summed E-state index contributed by atoms with van der Waals surface area (Å²) in [6.07, 6.45) is 2.31. The maximum atomic E-state index is 8.57. The molecule has 0 amide bonds. The van der Waals surface area contributed by atoms with Crippen LogP contribution in [0.4, 0.5) is 11.6 Å². The Labute approximate surface area is 113 Å². The van der Waals surface area contributed by atoms with Crippen LogP contribution in [0.15, 0.2) is 6.33 Å². The summed E-state index contributed by atoms with van der Waals surface area (Å²) >= 11 is 0. The first kappa shape index (κ1) is 15.5. The SMILES string of the molecule is CCNc1ncnc(NCCCOCCO)c1OC. The van der Waals surface area contributed by atoms with Crippen molar-refractivity contribution in [1.82, 2.24) is 9.97 Å². The van der Waals surface area contributed by atoms with Gasteiger partial charge in [0.25, 0.3) is 0 Å². The Morgan fingerprint density at radius 2 is 1.95 bits per heavy atom. The molecular formula is C12H22N4O3. The van der Waals surface area contributed by atoms with Crippen molar-refractivity contribution >= 4 is 11.6 Å². The molecule has 0 aliphatic carbocycles. The highest BCUT2D eigenvalue weighted by Crippen LogP contribution is 2.28. The minimum absolute atomic E-state index is 0.0548. The van der Waals surface area contributed by atoms with Crippen molar-refractivity contribution in [3.63, 3.8) is 0 Å². The summed E-state index contributed by atoms with van der Waals surface area (Å²) in [5.41, 5.74) is 0. The zero-order valence-electron chi connectivity index (χ0n) is 11.5. The largest absolute Gasteiger partial charge is 0.490 e. The van der Waals surface area contributed by atoms with Crippen LogP contribution in [0.1, 0.15) is 13.3 Å². The van der Waals surface area contributed by atoms with E-state index in [1.807, 2.05) is 6.92 Å². The van der Waals surface area contributed by atoms with Crippen molar-refractivity contribution in [3.05, 3.63) is 6.33 Å². The van der Waals surface area contributed by atoms with Crippen LogP contribution in [-0.2, 0) is 4.74 Å². The van der Waals surface area contributed by atoms with Gasteiger partial charge in [0.2, 0.25) is 5.75 Å². The predicted molar refractivity (Wildman–Crippen MR) is 73.8 cm³/mol. The Morgan fingerprint density at radius 3 is 2.58 bits per heavy atom. The minimum Gasteiger partial charge on any atom is -0.490 e. The van der Waals surface area contributed by atoms with E-state index >= 15 is 0 Å². The number of methoxy groups -OCH3 is 1. The molecule has 0 saturated heterocycles. The molecule has 108 valence electrons. The molecule has 0 aliphatic heterocycles. The van der Waals surface area contributed by atoms with Crippen LogP contribution < -0.4 is 15.4 Å². The Morgan fingerprint density at radius 1 is 1.21 bits per heavy atom. The zero-order chi connectivity index (χ0) is 13.9. The van der Waals surface area contributed by atoms with E-state index in [1.54, 1.807) is 7.11 Å². The fourth-order valence-electron chi connectivity index (χ4n) is 1.53. The minimum atomic E-state index is 0.0548. The predicted octanol–water partition coefficient (Wildman–Crippen LogP) is 0.728. The average Bonchev–Trinajstić information content (AvgIpc) is 2.43. The first-order chi connectivity index (χ1) is 9.33. The lowest BCUT2D eigenvalue weighted by Crippen LogP contribution is -2.11. The van der Waals surface area contributed by atoms with Crippen LogP contribution in [0.25, 0.3) is 0 Å². The Hall–Kier alpha value is -1.60. The molecule has 0 bridgehead atoms. The highest BCUT2D eigenvalue weighted by atomic mass is 16.5. The lowest BCUT2D eigenvalue weighted by atomic mass is 10.4. The molecule has 3 N–H and O–H groups in total. The van der Waals surface area contributed by atoms with E-state index in [0.717, 1.165) is 13.0 Å². The molecule has 0 radical (unpaired) electrons. The van der Waals surface area contributed by atoms with Crippen molar-refractivity contribution < 1.29 is 14.6 Å². The molecule has 1 rings (SSSR count). The average molecular weight is 270 g/mol. The summed E-state index contributed by atoms with van der Waals surface area (Å²) in [4.78, 5) is 8.29. The van der Waals surface area contributed by atoms with Gasteiger partial charge < -0.3 is 25.2 Å². The van der Waals surface area contributed by atoms with Gasteiger partial charge in [-0.3, -0.25) is 0 Å². The summed E-state index contributed by atoms with van der Waals surface area (Å²) in [5.74, 6) is 1.95. The van der Waals surface area contributed by atoms with Crippen molar-refractivity contribution in [3.8, 4) is 5.75 Å². The van der Waals surface area contributed by atoms with Crippen molar-refractivity contribution in [2.24, 2.45) is 0 Å². The van der Waals surface area contributed by atoms with Crippen LogP contribution in [-0.4, -0.2) is 55.1 Å². The number of nitrogens with one attached hydrogen (secondary N) is 2. The van der Waals surface area contributed by atoms with Crippen LogP contribution in [0, 0.1) is 0 Å². The Bertz CT molecular complexity index is 363. The van der Waals surface area contributed by atoms with E-state index in [0.29, 0.717) is 37.1 Å². The van der Waals surface area contributed by atoms with Crippen molar-refractivity contribution in [2.75, 3.05) is 50.7 Å². The third-order valence-electron chi connectivity index (χ3n) is 2.35. The third-order valence-corrected chi connectivity index (χ3v) is 2.35. The monoisotopic (exact) mass is 270 g/mol. The van der Waals surface area contributed by atoms with Gasteiger partial charge in [0.15, 0.2) is 11.6 Å². The van der Waals surface area contributed by atoms with Gasteiger partial charge in [0.05, 0.1) is 20.3 Å². The van der Waals surface area contributed by atoms with Crippen molar-refractivity contribution in [1.29, 1.82) is 0 Å². The van der Waals surface area contributed by atoms with E-state index in [2.05, 4.69) is 20.6 Å². The number of ether oxygens (including phenoxy) is 2. The molecular weight excluding hydrogens is 248 g/mol. The molecule has 1 aromatic heterocycles. The lowest BCUT2D eigenvalue weighted by molar-refractivity contribution is 0.0922. The normalized spacial score (nSPS) is 10.3. The fraction of sp³-hybridized carbons (Fsp3) is 0.667. The molecule has 0 atom stereocenters. The van der Waals surface area contributed by atoms with E-state index in [-0.39, 0.29) is 6.61 Å². The Kier molecular flexibility index (Phi) is 7.60. The summed E-state index contributed by atoms with van der Waals surface area (Å²) in [6, 6.07) is 0. The fourth-order valence-corrected chi connectivity index (χ4v) is 1.53. The highest BCUT2D eigenvalue weighted by Gasteiger charge is 2.10. The summed E-state index contributed by atoms with van der Waals surface area (Å²) in [7, 11) is 1.59. The molecule has 7 heteroatoms. The van der Waals surface area contributed by atoms with Gasteiger partial charge in [-0.25, -0.2) is 9.97 Å². The number of aromatic nitrogens is 2. The summed E-state index contributed by atoms with van der Waals surface area (Å²) in [5, 5.41) is 14.9. The lowest BCUT2D eigenvalue weighted by Gasteiger charge is -2.13.